The fraction of sp³-hybridized carbons (Fsp3) is 0.400. The van der Waals surface area contributed by atoms with Gasteiger partial charge in [-0.2, -0.15) is 0 Å². The Bertz CT molecular complexity index is 1490. The van der Waals surface area contributed by atoms with Crippen molar-refractivity contribution < 1.29 is 28.2 Å². The van der Waals surface area contributed by atoms with Crippen LogP contribution < -0.4 is 9.64 Å². The van der Waals surface area contributed by atoms with Crippen LogP contribution in [0.15, 0.2) is 72.8 Å². The molecule has 1 fully saturated rings. The Morgan fingerprint density at radius 1 is 0.978 bits per heavy atom. The van der Waals surface area contributed by atoms with Crippen LogP contribution in [0.25, 0.3) is 0 Å². The van der Waals surface area contributed by atoms with Crippen LogP contribution in [0.4, 0.5) is 14.9 Å². The number of benzene rings is 3. The quantitative estimate of drug-likeness (QED) is 0.242. The van der Waals surface area contributed by atoms with E-state index in [0.29, 0.717) is 28.3 Å². The highest BCUT2D eigenvalue weighted by Gasteiger charge is 2.41. The van der Waals surface area contributed by atoms with Crippen LogP contribution in [0.1, 0.15) is 51.8 Å². The van der Waals surface area contributed by atoms with Gasteiger partial charge in [0.25, 0.3) is 5.91 Å². The number of rotatable bonds is 8. The fourth-order valence-electron chi connectivity index (χ4n) is 5.42. The van der Waals surface area contributed by atoms with E-state index in [1.54, 1.807) is 28.0 Å². The summed E-state index contributed by atoms with van der Waals surface area (Å²) in [6.45, 7) is 12.0. The summed E-state index contributed by atoms with van der Waals surface area (Å²) in [4.78, 5) is 46.0. The summed E-state index contributed by atoms with van der Waals surface area (Å²) >= 11 is 6.15. The number of ether oxygens (including phenoxy) is 2. The van der Waals surface area contributed by atoms with Crippen LogP contribution >= 0.6 is 11.6 Å². The van der Waals surface area contributed by atoms with Gasteiger partial charge in [0, 0.05) is 25.3 Å². The van der Waals surface area contributed by atoms with Crippen LogP contribution in [-0.2, 0) is 14.3 Å². The van der Waals surface area contributed by atoms with E-state index in [1.165, 1.54) is 29.2 Å². The molecule has 4 rings (SSSR count). The van der Waals surface area contributed by atoms with Crippen molar-refractivity contribution in [3.05, 3.63) is 89.7 Å². The molecule has 0 aliphatic carbocycles. The molecular weight excluding hydrogens is 597 g/mol. The molecule has 45 heavy (non-hydrogen) atoms. The smallest absolute Gasteiger partial charge is 0.410 e. The molecule has 1 heterocycles. The maximum absolute atomic E-state index is 14.5. The van der Waals surface area contributed by atoms with Crippen molar-refractivity contribution in [3.8, 4) is 11.5 Å². The van der Waals surface area contributed by atoms with Crippen molar-refractivity contribution >= 4 is 35.2 Å². The number of aryl methyl sites for hydroxylation is 1. The van der Waals surface area contributed by atoms with Crippen molar-refractivity contribution in [2.24, 2.45) is 5.92 Å². The number of amides is 3. The predicted octanol–water partition coefficient (Wildman–Crippen LogP) is 7.34. The average molecular weight is 638 g/mol. The Morgan fingerprint density at radius 2 is 1.64 bits per heavy atom. The first kappa shape index (κ1) is 33.8. The molecule has 10 heteroatoms. The Kier molecular flexibility index (Phi) is 10.8. The number of nitrogens with zero attached hydrogens (tertiary/aromatic N) is 3. The second kappa shape index (κ2) is 14.3. The number of piperazine rings is 1. The normalized spacial score (nSPS) is 15.9. The Hall–Kier alpha value is -4.11. The number of hydrogen-bond donors (Lipinski definition) is 0. The van der Waals surface area contributed by atoms with Crippen molar-refractivity contribution in [2.45, 2.75) is 59.2 Å². The van der Waals surface area contributed by atoms with Gasteiger partial charge in [-0.15, -0.1) is 11.6 Å². The third-order valence-electron chi connectivity index (χ3n) is 7.60. The van der Waals surface area contributed by atoms with Crippen LogP contribution in [0.2, 0.25) is 0 Å². The van der Waals surface area contributed by atoms with Gasteiger partial charge < -0.3 is 19.3 Å². The van der Waals surface area contributed by atoms with E-state index in [0.717, 1.165) is 0 Å². The molecule has 240 valence electrons. The van der Waals surface area contributed by atoms with Crippen molar-refractivity contribution in [3.63, 3.8) is 0 Å². The molecule has 2 atom stereocenters. The molecule has 1 aliphatic rings. The third kappa shape index (κ3) is 8.34. The summed E-state index contributed by atoms with van der Waals surface area (Å²) in [5, 5.41) is 0. The number of carbonyl (C=O) groups is 3. The van der Waals surface area contributed by atoms with Crippen LogP contribution in [-0.4, -0.2) is 64.9 Å². The van der Waals surface area contributed by atoms with E-state index in [2.05, 4.69) is 0 Å². The van der Waals surface area contributed by atoms with Gasteiger partial charge in [0.05, 0.1) is 6.04 Å². The highest BCUT2D eigenvalue weighted by Crippen LogP contribution is 2.36. The molecule has 1 saturated heterocycles. The van der Waals surface area contributed by atoms with E-state index in [9.17, 15) is 18.8 Å². The minimum atomic E-state index is -1.14. The number of hydrogen-bond acceptors (Lipinski definition) is 5. The van der Waals surface area contributed by atoms with Crippen LogP contribution in [0.5, 0.6) is 11.5 Å². The topological polar surface area (TPSA) is 79.4 Å². The molecule has 8 nitrogen and oxygen atoms in total. The van der Waals surface area contributed by atoms with Crippen molar-refractivity contribution in [1.29, 1.82) is 0 Å². The number of halogens is 2. The molecule has 0 aromatic heterocycles. The van der Waals surface area contributed by atoms with E-state index >= 15 is 0 Å². The van der Waals surface area contributed by atoms with Gasteiger partial charge in [-0.1, -0.05) is 44.2 Å². The van der Waals surface area contributed by atoms with E-state index < -0.39 is 29.5 Å². The SMILES string of the molecule is Cc1cc(Oc2ccccc2)ccc1N(C(=O)CCl)[C@H](C(=O)N1CCN(C(=O)OC(C)(C)C)[C@H](C(C)C)C1)c1ccc(F)cc1. The number of carbonyl (C=O) groups excluding carboxylic acids is 3. The zero-order valence-electron chi connectivity index (χ0n) is 26.6. The van der Waals surface area contributed by atoms with E-state index in [1.807, 2.05) is 71.9 Å². The minimum Gasteiger partial charge on any atom is -0.457 e. The molecule has 0 radical (unpaired) electrons. The summed E-state index contributed by atoms with van der Waals surface area (Å²) in [7, 11) is 0. The van der Waals surface area contributed by atoms with Gasteiger partial charge in [0.1, 0.15) is 34.8 Å². The second-order valence-electron chi connectivity index (χ2n) is 12.5. The summed E-state index contributed by atoms with van der Waals surface area (Å²) < 4.78 is 25.7. The molecule has 3 aromatic carbocycles. The van der Waals surface area contributed by atoms with Crippen LogP contribution in [0, 0.1) is 18.7 Å². The molecule has 0 spiro atoms. The van der Waals surface area contributed by atoms with Crippen molar-refractivity contribution in [2.75, 3.05) is 30.4 Å². The van der Waals surface area contributed by atoms with Gasteiger partial charge in [-0.3, -0.25) is 14.5 Å². The summed E-state index contributed by atoms with van der Waals surface area (Å²) in [6.07, 6.45) is -0.434. The molecule has 3 aromatic rings. The monoisotopic (exact) mass is 637 g/mol. The number of para-hydroxylation sites is 1. The lowest BCUT2D eigenvalue weighted by Crippen LogP contribution is -2.60. The molecule has 3 amide bonds. The molecule has 0 unspecified atom stereocenters. The fourth-order valence-corrected chi connectivity index (χ4v) is 5.55. The lowest BCUT2D eigenvalue weighted by molar-refractivity contribution is -0.137. The standard InChI is InChI=1S/C35H41ClFN3O5/c1-23(2)30-22-38(18-19-39(30)34(43)45-35(4,5)6)33(42)32(25-12-14-26(37)15-13-25)40(31(41)21-36)29-17-16-28(20-24(29)3)44-27-10-8-7-9-11-27/h7-17,20,23,30,32H,18-19,21-22H2,1-6H3/t30-,32-/m0/s1. The first-order valence-electron chi connectivity index (χ1n) is 15.0. The molecule has 0 saturated carbocycles. The van der Waals surface area contributed by atoms with Gasteiger partial charge in [-0.25, -0.2) is 9.18 Å². The maximum Gasteiger partial charge on any atom is 0.410 e. The lowest BCUT2D eigenvalue weighted by Gasteiger charge is -2.45. The zero-order chi connectivity index (χ0) is 32.9. The first-order chi connectivity index (χ1) is 21.3. The Balaban J connectivity index is 1.71. The lowest BCUT2D eigenvalue weighted by atomic mass is 9.97. The van der Waals surface area contributed by atoms with E-state index in [-0.39, 0.29) is 43.4 Å². The average Bonchev–Trinajstić information content (AvgIpc) is 2.99. The zero-order valence-corrected chi connectivity index (χ0v) is 27.4. The largest absolute Gasteiger partial charge is 0.457 e. The molecule has 0 N–H and O–H groups in total. The van der Waals surface area contributed by atoms with E-state index in [4.69, 9.17) is 21.1 Å². The molecule has 0 bridgehead atoms. The van der Waals surface area contributed by atoms with Gasteiger partial charge in [0.2, 0.25) is 5.91 Å². The maximum atomic E-state index is 14.5. The molecule has 1 aliphatic heterocycles. The van der Waals surface area contributed by atoms with Gasteiger partial charge in [-0.05, 0) is 87.2 Å². The number of anilines is 1. The number of alkyl halides is 1. The predicted molar refractivity (Wildman–Crippen MR) is 173 cm³/mol. The van der Waals surface area contributed by atoms with Crippen LogP contribution in [0.3, 0.4) is 0 Å². The second-order valence-corrected chi connectivity index (χ2v) is 12.8. The van der Waals surface area contributed by atoms with Crippen molar-refractivity contribution in [1.82, 2.24) is 9.80 Å². The summed E-state index contributed by atoms with van der Waals surface area (Å²) in [5.74, 6) is -0.479. The van der Waals surface area contributed by atoms with Gasteiger partial charge in [0.15, 0.2) is 0 Å². The third-order valence-corrected chi connectivity index (χ3v) is 7.82. The first-order valence-corrected chi connectivity index (χ1v) is 15.6. The summed E-state index contributed by atoms with van der Waals surface area (Å²) in [6, 6.07) is 18.6. The highest BCUT2D eigenvalue weighted by molar-refractivity contribution is 6.30. The molecular formula is C35H41ClFN3O5. The highest BCUT2D eigenvalue weighted by atomic mass is 35.5. The Morgan fingerprint density at radius 3 is 2.22 bits per heavy atom. The van der Waals surface area contributed by atoms with Gasteiger partial charge >= 0.3 is 6.09 Å². The Labute approximate surface area is 269 Å². The minimum absolute atomic E-state index is 0.0115. The summed E-state index contributed by atoms with van der Waals surface area (Å²) in [5.41, 5.74) is 0.911.